The van der Waals surface area contributed by atoms with Crippen LogP contribution in [0.2, 0.25) is 0 Å². The lowest BCUT2D eigenvalue weighted by atomic mass is 9.99. The van der Waals surface area contributed by atoms with E-state index < -0.39 is 15.1 Å². The number of nitrogens with zero attached hydrogens (tertiary/aromatic N) is 1. The second kappa shape index (κ2) is 6.01. The molecule has 0 bridgehead atoms. The van der Waals surface area contributed by atoms with Crippen LogP contribution in [0, 0.1) is 0 Å². The number of nitrogen functional groups attached to an aromatic ring is 1. The fraction of sp³-hybridized carbons (Fsp3) is 0.462. The first-order chi connectivity index (χ1) is 8.82. The lowest BCUT2D eigenvalue weighted by molar-refractivity contribution is -0.118. The van der Waals surface area contributed by atoms with Gasteiger partial charge >= 0.3 is 0 Å². The van der Waals surface area contributed by atoms with Gasteiger partial charge in [-0.3, -0.25) is 4.79 Å². The molecule has 0 radical (unpaired) electrons. The van der Waals surface area contributed by atoms with Crippen molar-refractivity contribution >= 4 is 39.5 Å². The molecule has 5 nitrogen and oxygen atoms in total. The minimum Gasteiger partial charge on any atom is -0.398 e. The van der Waals surface area contributed by atoms with E-state index in [1.807, 2.05) is 6.07 Å². The van der Waals surface area contributed by atoms with E-state index in [0.29, 0.717) is 12.2 Å². The number of halogens is 1. The molecule has 0 saturated heterocycles. The second-order valence-corrected chi connectivity index (χ2v) is 7.28. The Morgan fingerprint density at radius 3 is 2.65 bits per heavy atom. The highest BCUT2D eigenvalue weighted by atomic mass is 35.5. The van der Waals surface area contributed by atoms with Crippen LogP contribution in [0.4, 0.5) is 11.4 Å². The predicted octanol–water partition coefficient (Wildman–Crippen LogP) is 1.40. The van der Waals surface area contributed by atoms with E-state index in [0.717, 1.165) is 30.3 Å². The standard InChI is InChI=1S/C13H18N2O3S.ClH/c1-9(19(2,17)18)13(16)15-8-4-5-10-11(14)6-3-7-12(10)15;/h3,6-7,9H,4-5,8,14H2,1-2H3;1H. The molecule has 0 fully saturated rings. The summed E-state index contributed by atoms with van der Waals surface area (Å²) in [7, 11) is -3.39. The highest BCUT2D eigenvalue weighted by Gasteiger charge is 2.31. The van der Waals surface area contributed by atoms with Gasteiger partial charge in [0.2, 0.25) is 5.91 Å². The third-order valence-corrected chi connectivity index (χ3v) is 5.03. The van der Waals surface area contributed by atoms with Gasteiger partial charge in [0.15, 0.2) is 9.84 Å². The molecule has 1 aromatic carbocycles. The van der Waals surface area contributed by atoms with E-state index in [9.17, 15) is 13.2 Å². The van der Waals surface area contributed by atoms with E-state index >= 15 is 0 Å². The molecule has 1 aliphatic heterocycles. The van der Waals surface area contributed by atoms with Gasteiger partial charge in [0.05, 0.1) is 0 Å². The van der Waals surface area contributed by atoms with Gasteiger partial charge in [-0.05, 0) is 37.5 Å². The Kier molecular flexibility index (Phi) is 5.05. The number of sulfone groups is 1. The van der Waals surface area contributed by atoms with Crippen molar-refractivity contribution in [1.82, 2.24) is 0 Å². The van der Waals surface area contributed by atoms with Crippen molar-refractivity contribution in [1.29, 1.82) is 0 Å². The number of rotatable bonds is 2. The van der Waals surface area contributed by atoms with Crippen molar-refractivity contribution in [3.63, 3.8) is 0 Å². The molecule has 1 atom stereocenters. The number of nitrogens with two attached hydrogens (primary N) is 1. The summed E-state index contributed by atoms with van der Waals surface area (Å²) in [5.41, 5.74) is 8.24. The molecule has 1 amide bonds. The molecule has 1 aromatic rings. The smallest absolute Gasteiger partial charge is 0.245 e. The summed E-state index contributed by atoms with van der Waals surface area (Å²) in [6.45, 7) is 1.97. The number of hydrogen-bond acceptors (Lipinski definition) is 4. The SMILES string of the molecule is CC(C(=O)N1CCCc2c(N)cccc21)S(C)(=O)=O.Cl. The molecule has 0 saturated carbocycles. The first kappa shape index (κ1) is 16.8. The Balaban J connectivity index is 0.00000200. The largest absolute Gasteiger partial charge is 0.398 e. The number of hydrogen-bond donors (Lipinski definition) is 1. The number of carbonyl (C=O) groups excluding carboxylic acids is 1. The van der Waals surface area contributed by atoms with Crippen LogP contribution in [0.1, 0.15) is 18.9 Å². The summed E-state index contributed by atoms with van der Waals surface area (Å²) in [5, 5.41) is -1.03. The molecule has 112 valence electrons. The molecule has 2 rings (SSSR count). The lowest BCUT2D eigenvalue weighted by Crippen LogP contribution is -2.44. The van der Waals surface area contributed by atoms with Crippen LogP contribution in [0.25, 0.3) is 0 Å². The Morgan fingerprint density at radius 1 is 1.40 bits per heavy atom. The number of benzene rings is 1. The molecule has 20 heavy (non-hydrogen) atoms. The monoisotopic (exact) mass is 318 g/mol. The Hall–Kier alpha value is -1.27. The molecule has 0 aromatic heterocycles. The van der Waals surface area contributed by atoms with E-state index in [1.54, 1.807) is 17.0 Å². The van der Waals surface area contributed by atoms with Crippen molar-refractivity contribution in [3.8, 4) is 0 Å². The van der Waals surface area contributed by atoms with Gasteiger partial charge in [0.1, 0.15) is 5.25 Å². The fourth-order valence-corrected chi connectivity index (χ4v) is 2.78. The van der Waals surface area contributed by atoms with Gasteiger partial charge in [0.25, 0.3) is 0 Å². The predicted molar refractivity (Wildman–Crippen MR) is 83.1 cm³/mol. The fourth-order valence-electron chi connectivity index (χ4n) is 2.28. The highest BCUT2D eigenvalue weighted by molar-refractivity contribution is 7.92. The lowest BCUT2D eigenvalue weighted by Gasteiger charge is -2.31. The minimum atomic E-state index is -3.39. The maximum absolute atomic E-state index is 12.3. The Morgan fingerprint density at radius 2 is 2.05 bits per heavy atom. The number of anilines is 2. The normalized spacial score (nSPS) is 16.0. The quantitative estimate of drug-likeness (QED) is 0.836. The number of amides is 1. The maximum Gasteiger partial charge on any atom is 0.245 e. The van der Waals surface area contributed by atoms with Crippen molar-refractivity contribution < 1.29 is 13.2 Å². The van der Waals surface area contributed by atoms with E-state index in [4.69, 9.17) is 5.73 Å². The average molecular weight is 319 g/mol. The summed E-state index contributed by atoms with van der Waals surface area (Å²) in [6.07, 6.45) is 2.70. The van der Waals surface area contributed by atoms with Crippen molar-refractivity contribution in [2.45, 2.75) is 25.0 Å². The molecule has 2 N–H and O–H groups in total. The zero-order valence-electron chi connectivity index (χ0n) is 11.5. The van der Waals surface area contributed by atoms with Crippen LogP contribution >= 0.6 is 12.4 Å². The van der Waals surface area contributed by atoms with Crippen LogP contribution in [0.3, 0.4) is 0 Å². The molecule has 1 heterocycles. The summed E-state index contributed by atoms with van der Waals surface area (Å²) >= 11 is 0. The molecular formula is C13H19ClN2O3S. The first-order valence-electron chi connectivity index (χ1n) is 6.20. The molecule has 0 spiro atoms. The van der Waals surface area contributed by atoms with Crippen LogP contribution in [-0.2, 0) is 21.1 Å². The van der Waals surface area contributed by atoms with E-state index in [2.05, 4.69) is 0 Å². The van der Waals surface area contributed by atoms with Crippen LogP contribution in [0.15, 0.2) is 18.2 Å². The van der Waals surface area contributed by atoms with Crippen molar-refractivity contribution in [2.24, 2.45) is 0 Å². The molecule has 0 aliphatic carbocycles. The van der Waals surface area contributed by atoms with Gasteiger partial charge in [-0.1, -0.05) is 6.07 Å². The average Bonchev–Trinajstić information content (AvgIpc) is 2.36. The van der Waals surface area contributed by atoms with Crippen LogP contribution < -0.4 is 10.6 Å². The van der Waals surface area contributed by atoms with Crippen LogP contribution in [0.5, 0.6) is 0 Å². The van der Waals surface area contributed by atoms with Gasteiger partial charge in [0, 0.05) is 24.2 Å². The third kappa shape index (κ3) is 3.07. The van der Waals surface area contributed by atoms with Gasteiger partial charge in [-0.2, -0.15) is 0 Å². The molecular weight excluding hydrogens is 300 g/mol. The number of fused-ring (bicyclic) bond motifs is 1. The summed E-state index contributed by atoms with van der Waals surface area (Å²) < 4.78 is 23.0. The first-order valence-corrected chi connectivity index (χ1v) is 8.15. The molecule has 1 aliphatic rings. The van der Waals surface area contributed by atoms with Gasteiger partial charge in [-0.25, -0.2) is 8.42 Å². The summed E-state index contributed by atoms with van der Waals surface area (Å²) in [4.78, 5) is 13.9. The van der Waals surface area contributed by atoms with E-state index in [1.165, 1.54) is 6.92 Å². The minimum absolute atomic E-state index is 0. The Labute approximate surface area is 125 Å². The maximum atomic E-state index is 12.3. The van der Waals surface area contributed by atoms with Crippen LogP contribution in [-0.4, -0.2) is 32.4 Å². The zero-order chi connectivity index (χ0) is 14.2. The van der Waals surface area contributed by atoms with Crippen molar-refractivity contribution in [2.75, 3.05) is 23.4 Å². The van der Waals surface area contributed by atoms with Gasteiger partial charge < -0.3 is 10.6 Å². The third-order valence-electron chi connectivity index (χ3n) is 3.54. The summed E-state index contributed by atoms with van der Waals surface area (Å²) in [5.74, 6) is -0.381. The second-order valence-electron chi connectivity index (χ2n) is 4.91. The Bertz CT molecular complexity index is 616. The number of carbonyl (C=O) groups is 1. The zero-order valence-corrected chi connectivity index (χ0v) is 13.1. The van der Waals surface area contributed by atoms with E-state index in [-0.39, 0.29) is 18.3 Å². The molecule has 7 heteroatoms. The summed E-state index contributed by atoms with van der Waals surface area (Å²) in [6, 6.07) is 5.40. The molecule has 1 unspecified atom stereocenters. The van der Waals surface area contributed by atoms with Crippen molar-refractivity contribution in [3.05, 3.63) is 23.8 Å². The highest BCUT2D eigenvalue weighted by Crippen LogP contribution is 2.31. The van der Waals surface area contributed by atoms with Gasteiger partial charge in [-0.15, -0.1) is 12.4 Å². The topological polar surface area (TPSA) is 80.5 Å².